The maximum atomic E-state index is 12.0. The summed E-state index contributed by atoms with van der Waals surface area (Å²) in [5.74, 6) is -0.549. The Morgan fingerprint density at radius 3 is 2.04 bits per heavy atom. The minimum Gasteiger partial charge on any atom is -0.345 e. The Kier molecular flexibility index (Phi) is 4.09. The van der Waals surface area contributed by atoms with Gasteiger partial charge in [0, 0.05) is 17.1 Å². The molecule has 2 N–H and O–H groups in total. The van der Waals surface area contributed by atoms with Crippen molar-refractivity contribution in [2.75, 3.05) is 0 Å². The molecular formula is C19H21ClN2O2. The van der Waals surface area contributed by atoms with Crippen molar-refractivity contribution >= 4 is 23.4 Å². The summed E-state index contributed by atoms with van der Waals surface area (Å²) in [5, 5.41) is 6.40. The van der Waals surface area contributed by atoms with E-state index in [1.807, 2.05) is 24.3 Å². The Hall–Kier alpha value is -1.81. The van der Waals surface area contributed by atoms with E-state index in [1.165, 1.54) is 24.0 Å². The molecule has 0 bridgehead atoms. The number of carbonyl (C=O) groups excluding carboxylic acids is 2. The van der Waals surface area contributed by atoms with Gasteiger partial charge in [-0.25, -0.2) is 0 Å². The van der Waals surface area contributed by atoms with E-state index in [0.29, 0.717) is 5.92 Å². The summed E-state index contributed by atoms with van der Waals surface area (Å²) in [6, 6.07) is 8.07. The van der Waals surface area contributed by atoms with Gasteiger partial charge in [0.25, 0.3) is 0 Å². The summed E-state index contributed by atoms with van der Waals surface area (Å²) in [7, 11) is 0. The van der Waals surface area contributed by atoms with Crippen molar-refractivity contribution in [3.05, 3.63) is 46.0 Å². The first kappa shape index (κ1) is 15.7. The van der Waals surface area contributed by atoms with Crippen molar-refractivity contribution in [2.24, 2.45) is 0 Å². The van der Waals surface area contributed by atoms with E-state index in [0.717, 1.165) is 30.7 Å². The molecule has 1 aromatic rings. The number of rotatable bonds is 3. The lowest BCUT2D eigenvalue weighted by Gasteiger charge is -2.36. The third-order valence-corrected chi connectivity index (χ3v) is 5.59. The van der Waals surface area contributed by atoms with E-state index in [-0.39, 0.29) is 12.1 Å². The van der Waals surface area contributed by atoms with E-state index < -0.39 is 11.8 Å². The summed E-state index contributed by atoms with van der Waals surface area (Å²) in [6.45, 7) is 0. The average molecular weight is 345 g/mol. The molecule has 3 aliphatic carbocycles. The first-order valence-corrected chi connectivity index (χ1v) is 9.03. The normalized spacial score (nSPS) is 27.8. The number of amides is 2. The number of carbonyl (C=O) groups is 2. The van der Waals surface area contributed by atoms with Gasteiger partial charge in [0.15, 0.2) is 0 Å². The number of benzene rings is 1. The zero-order valence-electron chi connectivity index (χ0n) is 13.5. The predicted octanol–water partition coefficient (Wildman–Crippen LogP) is 3.07. The Balaban J connectivity index is 1.19. The molecule has 4 nitrogen and oxygen atoms in total. The highest BCUT2D eigenvalue weighted by atomic mass is 35.5. The van der Waals surface area contributed by atoms with Crippen LogP contribution in [0.3, 0.4) is 0 Å². The second kappa shape index (κ2) is 6.25. The van der Waals surface area contributed by atoms with Crippen LogP contribution in [0.4, 0.5) is 0 Å². The van der Waals surface area contributed by atoms with Crippen LogP contribution in [-0.4, -0.2) is 23.9 Å². The first-order chi connectivity index (χ1) is 11.6. The molecular weight excluding hydrogens is 324 g/mol. The second-order valence-corrected chi connectivity index (χ2v) is 7.61. The molecule has 0 saturated heterocycles. The molecule has 0 atom stereocenters. The van der Waals surface area contributed by atoms with Crippen LogP contribution < -0.4 is 10.6 Å². The van der Waals surface area contributed by atoms with E-state index in [2.05, 4.69) is 10.6 Å². The molecule has 3 fully saturated rings. The lowest BCUT2D eigenvalue weighted by atomic mass is 9.76. The second-order valence-electron chi connectivity index (χ2n) is 7.18. The first-order valence-electron chi connectivity index (χ1n) is 8.65. The van der Waals surface area contributed by atoms with Crippen molar-refractivity contribution < 1.29 is 9.59 Å². The molecule has 0 spiro atoms. The fourth-order valence-corrected chi connectivity index (χ4v) is 3.71. The highest BCUT2D eigenvalue weighted by Crippen LogP contribution is 2.41. The van der Waals surface area contributed by atoms with Gasteiger partial charge >= 0.3 is 11.8 Å². The van der Waals surface area contributed by atoms with Crippen LogP contribution in [0, 0.1) is 0 Å². The molecule has 5 heteroatoms. The van der Waals surface area contributed by atoms with Crippen molar-refractivity contribution in [3.63, 3.8) is 0 Å². The maximum absolute atomic E-state index is 12.0. The van der Waals surface area contributed by atoms with Gasteiger partial charge in [-0.3, -0.25) is 9.59 Å². The van der Waals surface area contributed by atoms with Gasteiger partial charge in [0.05, 0.1) is 0 Å². The van der Waals surface area contributed by atoms with Crippen LogP contribution in [0.1, 0.15) is 50.0 Å². The monoisotopic (exact) mass is 344 g/mol. The molecule has 0 aliphatic heterocycles. The quantitative estimate of drug-likeness (QED) is 0.654. The highest BCUT2D eigenvalue weighted by molar-refractivity contribution is 6.35. The molecule has 0 radical (unpaired) electrons. The van der Waals surface area contributed by atoms with Crippen molar-refractivity contribution in [1.82, 2.24) is 10.6 Å². The van der Waals surface area contributed by atoms with E-state index >= 15 is 0 Å². The summed E-state index contributed by atoms with van der Waals surface area (Å²) in [4.78, 5) is 23.9. The Labute approximate surface area is 146 Å². The molecule has 3 aliphatic rings. The van der Waals surface area contributed by atoms with Crippen molar-refractivity contribution in [3.8, 4) is 0 Å². The van der Waals surface area contributed by atoms with Crippen LogP contribution in [0.15, 0.2) is 35.4 Å². The third kappa shape index (κ3) is 3.34. The molecule has 3 saturated carbocycles. The van der Waals surface area contributed by atoms with E-state index in [4.69, 9.17) is 11.6 Å². The van der Waals surface area contributed by atoms with Gasteiger partial charge in [-0.2, -0.15) is 0 Å². The lowest BCUT2D eigenvalue weighted by molar-refractivity contribution is -0.140. The number of hydrogen-bond donors (Lipinski definition) is 2. The fourth-order valence-electron chi connectivity index (χ4n) is 3.59. The average Bonchev–Trinajstić information content (AvgIpc) is 3.31. The number of hydrogen-bond acceptors (Lipinski definition) is 2. The zero-order valence-corrected chi connectivity index (χ0v) is 14.2. The molecule has 4 rings (SSSR count). The molecule has 1 aromatic carbocycles. The van der Waals surface area contributed by atoms with Crippen molar-refractivity contribution in [1.29, 1.82) is 0 Å². The number of nitrogens with one attached hydrogen (secondary N) is 2. The van der Waals surface area contributed by atoms with Gasteiger partial charge in [-0.15, -0.1) is 0 Å². The van der Waals surface area contributed by atoms with Gasteiger partial charge in [-0.05, 0) is 62.1 Å². The molecule has 0 unspecified atom stereocenters. The minimum absolute atomic E-state index is 0.0921. The Morgan fingerprint density at radius 1 is 0.875 bits per heavy atom. The molecule has 0 heterocycles. The van der Waals surface area contributed by atoms with Crippen LogP contribution in [-0.2, 0) is 9.59 Å². The summed E-state index contributed by atoms with van der Waals surface area (Å²) < 4.78 is 0. The van der Waals surface area contributed by atoms with Gasteiger partial charge < -0.3 is 10.6 Å². The van der Waals surface area contributed by atoms with Crippen LogP contribution in [0.25, 0.3) is 0 Å². The lowest BCUT2D eigenvalue weighted by Crippen LogP contribution is -2.52. The molecule has 2 amide bonds. The summed E-state index contributed by atoms with van der Waals surface area (Å²) >= 11 is 5.89. The third-order valence-electron chi connectivity index (χ3n) is 5.34. The largest absolute Gasteiger partial charge is 0.345 e. The smallest absolute Gasteiger partial charge is 0.309 e. The van der Waals surface area contributed by atoms with Crippen LogP contribution >= 0.6 is 11.6 Å². The summed E-state index contributed by atoms with van der Waals surface area (Å²) in [5.41, 5.74) is 4.29. The SMILES string of the molecule is O=C(NC1CC(=C2CC2)C1)C(=O)NC1CC(c2ccc(Cl)cc2)C1. The van der Waals surface area contributed by atoms with Crippen molar-refractivity contribution in [2.45, 2.75) is 56.5 Å². The van der Waals surface area contributed by atoms with Gasteiger partial charge in [-0.1, -0.05) is 34.9 Å². The number of halogens is 1. The topological polar surface area (TPSA) is 58.2 Å². The Morgan fingerprint density at radius 2 is 1.46 bits per heavy atom. The van der Waals surface area contributed by atoms with Crippen LogP contribution in [0.2, 0.25) is 5.02 Å². The molecule has 0 aromatic heterocycles. The van der Waals surface area contributed by atoms with E-state index in [1.54, 1.807) is 5.57 Å². The van der Waals surface area contributed by atoms with Gasteiger partial charge in [0.2, 0.25) is 0 Å². The van der Waals surface area contributed by atoms with Gasteiger partial charge in [0.1, 0.15) is 0 Å². The Bertz CT molecular complexity index is 691. The molecule has 126 valence electrons. The molecule has 24 heavy (non-hydrogen) atoms. The fraction of sp³-hybridized carbons (Fsp3) is 0.474. The van der Waals surface area contributed by atoms with Crippen LogP contribution in [0.5, 0.6) is 0 Å². The maximum Gasteiger partial charge on any atom is 0.309 e. The zero-order chi connectivity index (χ0) is 16.7. The predicted molar refractivity (Wildman–Crippen MR) is 92.8 cm³/mol. The summed E-state index contributed by atoms with van der Waals surface area (Å²) in [6.07, 6.45) is 6.06. The number of allylic oxidation sites excluding steroid dienone is 1. The highest BCUT2D eigenvalue weighted by Gasteiger charge is 2.35. The van der Waals surface area contributed by atoms with E-state index in [9.17, 15) is 9.59 Å². The standard InChI is InChI=1S/C19H21ClN2O2/c20-15-5-3-12(4-6-15)14-9-17(10-14)22-19(24)18(23)21-16-7-13(8-16)11-1-2-11/h3-6,14,16-17H,1-2,7-10H2,(H,21,23)(H,22,24). The minimum atomic E-state index is -0.498.